The average Bonchev–Trinajstić information content (AvgIpc) is 2.47. The summed E-state index contributed by atoms with van der Waals surface area (Å²) in [5.74, 6) is 0. The van der Waals surface area contributed by atoms with Gasteiger partial charge in [-0.2, -0.15) is 0 Å². The van der Waals surface area contributed by atoms with E-state index in [0.29, 0.717) is 16.8 Å². The van der Waals surface area contributed by atoms with Gasteiger partial charge < -0.3 is 5.11 Å². The van der Waals surface area contributed by atoms with Crippen molar-refractivity contribution >= 4 is 10.0 Å². The minimum Gasteiger partial charge on any atom is -0.392 e. The summed E-state index contributed by atoms with van der Waals surface area (Å²) in [5.41, 5.74) is 2.45. The number of nitrogens with zero attached hydrogens (tertiary/aromatic N) is 2. The normalized spacial score (nSPS) is 11.6. The minimum atomic E-state index is -3.66. The average molecular weight is 307 g/mol. The van der Waals surface area contributed by atoms with Gasteiger partial charge in [0.2, 0.25) is 10.0 Å². The second kappa shape index (κ2) is 6.30. The van der Waals surface area contributed by atoms with Gasteiger partial charge in [-0.1, -0.05) is 12.1 Å². The van der Waals surface area contributed by atoms with Crippen LogP contribution in [0.2, 0.25) is 0 Å². The molecule has 0 amide bonds. The Balaban J connectivity index is 2.21. The quantitative estimate of drug-likeness (QED) is 0.862. The molecule has 2 aromatic rings. The maximum atomic E-state index is 12.3. The fourth-order valence-corrected chi connectivity index (χ4v) is 3.16. The Labute approximate surface area is 123 Å². The molecule has 0 saturated carbocycles. The molecule has 0 fully saturated rings. The largest absolute Gasteiger partial charge is 0.392 e. The number of aliphatic hydroxyl groups is 1. The van der Waals surface area contributed by atoms with Crippen LogP contribution in [-0.2, 0) is 23.2 Å². The fraction of sp³-hybridized carbons (Fsp3) is 0.286. The first kappa shape index (κ1) is 15.6. The lowest BCUT2D eigenvalue weighted by molar-refractivity contribution is 0.280. The first-order chi connectivity index (χ1) is 9.94. The van der Waals surface area contributed by atoms with Gasteiger partial charge in [0.25, 0.3) is 0 Å². The van der Waals surface area contributed by atoms with Crippen molar-refractivity contribution < 1.29 is 13.5 Å². The van der Waals surface area contributed by atoms with E-state index in [2.05, 4.69) is 14.7 Å². The van der Waals surface area contributed by atoms with Gasteiger partial charge in [0.1, 0.15) is 0 Å². The highest BCUT2D eigenvalue weighted by molar-refractivity contribution is 7.89. The van der Waals surface area contributed by atoms with Crippen LogP contribution in [0.1, 0.15) is 22.5 Å². The Kier molecular flexibility index (Phi) is 4.66. The molecule has 21 heavy (non-hydrogen) atoms. The summed E-state index contributed by atoms with van der Waals surface area (Å²) in [4.78, 5) is 8.33. The maximum absolute atomic E-state index is 12.3. The monoisotopic (exact) mass is 307 g/mol. The number of hydrogen-bond acceptors (Lipinski definition) is 5. The first-order valence-corrected chi connectivity index (χ1v) is 7.89. The van der Waals surface area contributed by atoms with Crippen molar-refractivity contribution in [3.63, 3.8) is 0 Å². The lowest BCUT2D eigenvalue weighted by Crippen LogP contribution is -2.24. The molecule has 1 aromatic carbocycles. The van der Waals surface area contributed by atoms with Gasteiger partial charge in [0, 0.05) is 6.20 Å². The highest BCUT2D eigenvalue weighted by atomic mass is 32.2. The molecule has 2 rings (SSSR count). The number of aryl methyl sites for hydroxylation is 1. The molecule has 0 bridgehead atoms. The van der Waals surface area contributed by atoms with Crippen LogP contribution < -0.4 is 4.72 Å². The number of nitrogens with one attached hydrogen (secondary N) is 1. The van der Waals surface area contributed by atoms with E-state index < -0.39 is 10.0 Å². The summed E-state index contributed by atoms with van der Waals surface area (Å²) in [6, 6.07) is 4.82. The molecule has 0 atom stereocenters. The van der Waals surface area contributed by atoms with E-state index in [1.807, 2.05) is 6.92 Å². The molecule has 6 nitrogen and oxygen atoms in total. The number of hydrogen-bond donors (Lipinski definition) is 2. The van der Waals surface area contributed by atoms with Crippen LogP contribution in [0.25, 0.3) is 0 Å². The Morgan fingerprint density at radius 3 is 2.57 bits per heavy atom. The molecule has 1 aromatic heterocycles. The maximum Gasteiger partial charge on any atom is 0.241 e. The number of aromatic nitrogens is 2. The molecule has 0 spiro atoms. The van der Waals surface area contributed by atoms with Gasteiger partial charge >= 0.3 is 0 Å². The summed E-state index contributed by atoms with van der Waals surface area (Å²) >= 11 is 0. The van der Waals surface area contributed by atoms with Crippen molar-refractivity contribution in [1.82, 2.24) is 14.7 Å². The first-order valence-electron chi connectivity index (χ1n) is 6.40. The highest BCUT2D eigenvalue weighted by Gasteiger charge is 2.18. The topological polar surface area (TPSA) is 92.2 Å². The number of benzene rings is 1. The molecule has 0 aliphatic heterocycles. The standard InChI is InChI=1S/C14H17N3O3S/c1-10-6-16-13(7-15-10)8-17-21(19,20)14-5-3-4-12(9-18)11(14)2/h3-7,17-18H,8-9H2,1-2H3. The van der Waals surface area contributed by atoms with E-state index in [0.717, 1.165) is 5.69 Å². The Morgan fingerprint density at radius 1 is 1.19 bits per heavy atom. The van der Waals surface area contributed by atoms with Crippen molar-refractivity contribution in [2.75, 3.05) is 0 Å². The molecular weight excluding hydrogens is 290 g/mol. The predicted octanol–water partition coefficient (Wildman–Crippen LogP) is 1.06. The zero-order chi connectivity index (χ0) is 15.5. The van der Waals surface area contributed by atoms with Gasteiger partial charge in [-0.3, -0.25) is 9.97 Å². The van der Waals surface area contributed by atoms with Crippen LogP contribution in [0.4, 0.5) is 0 Å². The summed E-state index contributed by atoms with van der Waals surface area (Å²) < 4.78 is 27.1. The van der Waals surface area contributed by atoms with E-state index in [1.54, 1.807) is 25.3 Å². The second-order valence-corrected chi connectivity index (χ2v) is 6.41. The van der Waals surface area contributed by atoms with E-state index in [4.69, 9.17) is 0 Å². The second-order valence-electron chi connectivity index (χ2n) is 4.67. The number of aliphatic hydroxyl groups excluding tert-OH is 1. The Morgan fingerprint density at radius 2 is 1.95 bits per heavy atom. The third-order valence-corrected chi connectivity index (χ3v) is 4.68. The van der Waals surface area contributed by atoms with Crippen molar-refractivity contribution in [2.45, 2.75) is 31.9 Å². The third-order valence-electron chi connectivity index (χ3n) is 3.13. The van der Waals surface area contributed by atoms with Crippen LogP contribution in [0, 0.1) is 13.8 Å². The minimum absolute atomic E-state index is 0.0679. The number of rotatable bonds is 5. The molecule has 1 heterocycles. The zero-order valence-corrected chi connectivity index (χ0v) is 12.7. The summed E-state index contributed by atoms with van der Waals surface area (Å²) in [5, 5.41) is 9.21. The SMILES string of the molecule is Cc1cnc(CNS(=O)(=O)c2cccc(CO)c2C)cn1. The van der Waals surface area contributed by atoms with Crippen LogP contribution in [0.5, 0.6) is 0 Å². The molecule has 0 aliphatic carbocycles. The Bertz CT molecular complexity index is 728. The third kappa shape index (κ3) is 3.63. The van der Waals surface area contributed by atoms with Crippen molar-refractivity contribution in [3.05, 3.63) is 53.1 Å². The van der Waals surface area contributed by atoms with Gasteiger partial charge in [0.15, 0.2) is 0 Å². The molecule has 2 N–H and O–H groups in total. The highest BCUT2D eigenvalue weighted by Crippen LogP contribution is 2.19. The van der Waals surface area contributed by atoms with Gasteiger partial charge in [0.05, 0.1) is 35.6 Å². The molecule has 0 aliphatic rings. The Hall–Kier alpha value is -1.83. The van der Waals surface area contributed by atoms with Crippen molar-refractivity contribution in [2.24, 2.45) is 0 Å². The summed E-state index contributed by atoms with van der Waals surface area (Å²) in [6.45, 7) is 3.35. The summed E-state index contributed by atoms with van der Waals surface area (Å²) in [7, 11) is -3.66. The molecule has 0 radical (unpaired) electrons. The molecule has 112 valence electrons. The van der Waals surface area contributed by atoms with Crippen molar-refractivity contribution in [3.8, 4) is 0 Å². The van der Waals surface area contributed by atoms with E-state index in [1.165, 1.54) is 12.3 Å². The van der Waals surface area contributed by atoms with E-state index in [-0.39, 0.29) is 18.0 Å². The lowest BCUT2D eigenvalue weighted by Gasteiger charge is -2.11. The van der Waals surface area contributed by atoms with Crippen LogP contribution in [-0.4, -0.2) is 23.5 Å². The van der Waals surface area contributed by atoms with Gasteiger partial charge in [-0.15, -0.1) is 0 Å². The van der Waals surface area contributed by atoms with Gasteiger partial charge in [-0.05, 0) is 31.0 Å². The lowest BCUT2D eigenvalue weighted by atomic mass is 10.1. The zero-order valence-electron chi connectivity index (χ0n) is 11.9. The fourth-order valence-electron chi connectivity index (χ4n) is 1.88. The van der Waals surface area contributed by atoms with Gasteiger partial charge in [-0.25, -0.2) is 13.1 Å². The smallest absolute Gasteiger partial charge is 0.241 e. The predicted molar refractivity (Wildman–Crippen MR) is 77.9 cm³/mol. The molecular formula is C14H17N3O3S. The van der Waals surface area contributed by atoms with Crippen LogP contribution in [0.15, 0.2) is 35.5 Å². The number of sulfonamides is 1. The van der Waals surface area contributed by atoms with E-state index >= 15 is 0 Å². The van der Waals surface area contributed by atoms with Crippen LogP contribution in [0.3, 0.4) is 0 Å². The van der Waals surface area contributed by atoms with Crippen molar-refractivity contribution in [1.29, 1.82) is 0 Å². The molecule has 0 saturated heterocycles. The molecule has 7 heteroatoms. The summed E-state index contributed by atoms with van der Waals surface area (Å²) in [6.07, 6.45) is 3.12. The molecule has 0 unspecified atom stereocenters. The van der Waals surface area contributed by atoms with E-state index in [9.17, 15) is 13.5 Å². The van der Waals surface area contributed by atoms with Crippen LogP contribution >= 0.6 is 0 Å².